The fourth-order valence-electron chi connectivity index (χ4n) is 1.78. The van der Waals surface area contributed by atoms with E-state index in [4.69, 9.17) is 4.74 Å². The van der Waals surface area contributed by atoms with Gasteiger partial charge in [-0.3, -0.25) is 0 Å². The van der Waals surface area contributed by atoms with Crippen LogP contribution in [0.4, 0.5) is 0 Å². The molecule has 3 nitrogen and oxygen atoms in total. The molecular weight excluding hydrogens is 216 g/mol. The van der Waals surface area contributed by atoms with Crippen molar-refractivity contribution < 1.29 is 14.6 Å². The second-order valence-electron chi connectivity index (χ2n) is 4.17. The average Bonchev–Trinajstić information content (AvgIpc) is 2.35. The van der Waals surface area contributed by atoms with Gasteiger partial charge in [-0.25, -0.2) is 4.79 Å². The van der Waals surface area contributed by atoms with Crippen molar-refractivity contribution >= 4 is 5.97 Å². The van der Waals surface area contributed by atoms with Crippen molar-refractivity contribution in [2.24, 2.45) is 0 Å². The van der Waals surface area contributed by atoms with Gasteiger partial charge in [0.1, 0.15) is 5.75 Å². The molecule has 0 heterocycles. The molecule has 1 N–H and O–H groups in total. The average molecular weight is 236 g/mol. The van der Waals surface area contributed by atoms with Crippen molar-refractivity contribution in [1.82, 2.24) is 0 Å². The minimum Gasteiger partial charge on any atom is -0.478 e. The molecule has 1 atom stereocenters. The lowest BCUT2D eigenvalue weighted by atomic mass is 9.93. The second-order valence-corrected chi connectivity index (χ2v) is 4.17. The summed E-state index contributed by atoms with van der Waals surface area (Å²) in [7, 11) is 0. The van der Waals surface area contributed by atoms with E-state index in [0.29, 0.717) is 18.6 Å². The standard InChI is InChI=1S/C14H20O3/c1-3-5-11-14(4-2,13(15)16)17-12-9-7-6-8-10-12/h6-10H,3-5,11H2,1-2H3,(H,15,16). The summed E-state index contributed by atoms with van der Waals surface area (Å²) in [4.78, 5) is 11.4. The maximum atomic E-state index is 11.4. The van der Waals surface area contributed by atoms with E-state index in [1.54, 1.807) is 12.1 Å². The third-order valence-electron chi connectivity index (χ3n) is 2.95. The molecule has 0 aromatic heterocycles. The third-order valence-corrected chi connectivity index (χ3v) is 2.95. The molecule has 0 aliphatic rings. The summed E-state index contributed by atoms with van der Waals surface area (Å²) in [5.41, 5.74) is -1.09. The van der Waals surface area contributed by atoms with Gasteiger partial charge in [0.15, 0.2) is 0 Å². The summed E-state index contributed by atoms with van der Waals surface area (Å²) in [6.07, 6.45) is 2.83. The maximum Gasteiger partial charge on any atom is 0.348 e. The van der Waals surface area contributed by atoms with Gasteiger partial charge in [0.25, 0.3) is 0 Å². The molecule has 1 rings (SSSR count). The van der Waals surface area contributed by atoms with Crippen LogP contribution in [0.3, 0.4) is 0 Å². The highest BCUT2D eigenvalue weighted by Crippen LogP contribution is 2.26. The van der Waals surface area contributed by atoms with Crippen molar-refractivity contribution in [2.75, 3.05) is 0 Å². The molecule has 0 bridgehead atoms. The van der Waals surface area contributed by atoms with E-state index in [2.05, 4.69) is 0 Å². The van der Waals surface area contributed by atoms with Crippen molar-refractivity contribution in [3.63, 3.8) is 0 Å². The van der Waals surface area contributed by atoms with E-state index in [0.717, 1.165) is 12.8 Å². The molecule has 1 aromatic rings. The highest BCUT2D eigenvalue weighted by atomic mass is 16.5. The lowest BCUT2D eigenvalue weighted by Crippen LogP contribution is -2.44. The van der Waals surface area contributed by atoms with E-state index in [1.807, 2.05) is 32.0 Å². The zero-order chi connectivity index (χ0) is 12.7. The van der Waals surface area contributed by atoms with E-state index >= 15 is 0 Å². The summed E-state index contributed by atoms with van der Waals surface area (Å²) in [6.45, 7) is 3.90. The Balaban J connectivity index is 2.86. The van der Waals surface area contributed by atoms with Crippen LogP contribution in [0.1, 0.15) is 39.5 Å². The number of carboxylic acids is 1. The molecule has 0 spiro atoms. The Hall–Kier alpha value is -1.51. The predicted molar refractivity (Wildman–Crippen MR) is 67.3 cm³/mol. The fourth-order valence-corrected chi connectivity index (χ4v) is 1.78. The Morgan fingerprint density at radius 1 is 1.29 bits per heavy atom. The van der Waals surface area contributed by atoms with Crippen LogP contribution in [0.25, 0.3) is 0 Å². The van der Waals surface area contributed by atoms with Crippen LogP contribution in [0.5, 0.6) is 5.75 Å². The van der Waals surface area contributed by atoms with Crippen LogP contribution in [-0.4, -0.2) is 16.7 Å². The van der Waals surface area contributed by atoms with Gasteiger partial charge >= 0.3 is 5.97 Å². The van der Waals surface area contributed by atoms with Crippen LogP contribution in [-0.2, 0) is 4.79 Å². The molecule has 0 radical (unpaired) electrons. The first kappa shape index (κ1) is 13.6. The normalized spacial score (nSPS) is 14.0. The second kappa shape index (κ2) is 6.28. The van der Waals surface area contributed by atoms with E-state index in [-0.39, 0.29) is 0 Å². The zero-order valence-corrected chi connectivity index (χ0v) is 10.5. The predicted octanol–water partition coefficient (Wildman–Crippen LogP) is 3.49. The van der Waals surface area contributed by atoms with E-state index in [9.17, 15) is 9.90 Å². The van der Waals surface area contributed by atoms with E-state index in [1.165, 1.54) is 0 Å². The number of rotatable bonds is 7. The summed E-state index contributed by atoms with van der Waals surface area (Å²) in [5, 5.41) is 9.39. The molecule has 1 unspecified atom stereocenters. The lowest BCUT2D eigenvalue weighted by molar-refractivity contribution is -0.156. The number of hydrogen-bond donors (Lipinski definition) is 1. The Labute approximate surface area is 102 Å². The van der Waals surface area contributed by atoms with Gasteiger partial charge in [0.05, 0.1) is 0 Å². The summed E-state index contributed by atoms with van der Waals surface area (Å²) < 4.78 is 5.72. The van der Waals surface area contributed by atoms with Crippen LogP contribution in [0.2, 0.25) is 0 Å². The molecule has 0 saturated heterocycles. The van der Waals surface area contributed by atoms with Crippen LogP contribution in [0.15, 0.2) is 30.3 Å². The highest BCUT2D eigenvalue weighted by Gasteiger charge is 2.38. The minimum absolute atomic E-state index is 0.469. The number of para-hydroxylation sites is 1. The number of carboxylic acid groups (broad SMARTS) is 1. The molecule has 0 fully saturated rings. The Morgan fingerprint density at radius 3 is 2.41 bits per heavy atom. The molecule has 0 amide bonds. The van der Waals surface area contributed by atoms with Gasteiger partial charge < -0.3 is 9.84 Å². The summed E-state index contributed by atoms with van der Waals surface area (Å²) in [6, 6.07) is 9.15. The van der Waals surface area contributed by atoms with Gasteiger partial charge in [0.2, 0.25) is 5.60 Å². The monoisotopic (exact) mass is 236 g/mol. The summed E-state index contributed by atoms with van der Waals surface area (Å²) in [5.74, 6) is -0.259. The first-order chi connectivity index (χ1) is 8.14. The van der Waals surface area contributed by atoms with Gasteiger partial charge in [0, 0.05) is 0 Å². The quantitative estimate of drug-likeness (QED) is 0.788. The Morgan fingerprint density at radius 2 is 1.94 bits per heavy atom. The van der Waals surface area contributed by atoms with Crippen molar-refractivity contribution in [3.05, 3.63) is 30.3 Å². The molecule has 0 saturated carbocycles. The minimum atomic E-state index is -1.09. The zero-order valence-electron chi connectivity index (χ0n) is 10.5. The van der Waals surface area contributed by atoms with Gasteiger partial charge in [-0.2, -0.15) is 0 Å². The molecule has 0 aliphatic carbocycles. The number of unbranched alkanes of at least 4 members (excludes halogenated alkanes) is 1. The summed E-state index contributed by atoms with van der Waals surface area (Å²) >= 11 is 0. The molecule has 0 aliphatic heterocycles. The fraction of sp³-hybridized carbons (Fsp3) is 0.500. The molecular formula is C14H20O3. The van der Waals surface area contributed by atoms with Crippen LogP contribution >= 0.6 is 0 Å². The molecule has 3 heteroatoms. The van der Waals surface area contributed by atoms with Crippen LogP contribution in [0, 0.1) is 0 Å². The SMILES string of the molecule is CCCCC(CC)(Oc1ccccc1)C(=O)O. The molecule has 17 heavy (non-hydrogen) atoms. The lowest BCUT2D eigenvalue weighted by Gasteiger charge is -2.29. The largest absolute Gasteiger partial charge is 0.478 e. The van der Waals surface area contributed by atoms with Gasteiger partial charge in [-0.05, 0) is 31.4 Å². The first-order valence-corrected chi connectivity index (χ1v) is 6.12. The number of ether oxygens (including phenoxy) is 1. The van der Waals surface area contributed by atoms with Gasteiger partial charge in [-0.1, -0.05) is 38.5 Å². The topological polar surface area (TPSA) is 46.5 Å². The smallest absolute Gasteiger partial charge is 0.348 e. The Bertz CT molecular complexity index is 348. The van der Waals surface area contributed by atoms with Crippen molar-refractivity contribution in [2.45, 2.75) is 45.1 Å². The number of hydrogen-bond acceptors (Lipinski definition) is 2. The van der Waals surface area contributed by atoms with Crippen molar-refractivity contribution in [3.8, 4) is 5.75 Å². The van der Waals surface area contributed by atoms with E-state index < -0.39 is 11.6 Å². The van der Waals surface area contributed by atoms with Crippen LogP contribution < -0.4 is 4.74 Å². The van der Waals surface area contributed by atoms with Gasteiger partial charge in [-0.15, -0.1) is 0 Å². The van der Waals surface area contributed by atoms with Crippen molar-refractivity contribution in [1.29, 1.82) is 0 Å². The number of benzene rings is 1. The number of carbonyl (C=O) groups is 1. The first-order valence-electron chi connectivity index (χ1n) is 6.12. The highest BCUT2D eigenvalue weighted by molar-refractivity contribution is 5.77. The molecule has 94 valence electrons. The molecule has 1 aromatic carbocycles. The third kappa shape index (κ3) is 3.48. The maximum absolute atomic E-state index is 11.4. The number of aliphatic carboxylic acids is 1. The Kier molecular flexibility index (Phi) is 5.01.